The number of rotatable bonds is 7. The lowest BCUT2D eigenvalue weighted by Gasteiger charge is -2.19. The summed E-state index contributed by atoms with van der Waals surface area (Å²) in [4.78, 5) is 11.9. The second-order valence-corrected chi connectivity index (χ2v) is 5.35. The van der Waals surface area contributed by atoms with Crippen molar-refractivity contribution < 1.29 is 14.6 Å². The van der Waals surface area contributed by atoms with E-state index >= 15 is 0 Å². The second kappa shape index (κ2) is 8.12. The molecule has 20 heavy (non-hydrogen) atoms. The van der Waals surface area contributed by atoms with Crippen molar-refractivity contribution in [2.24, 2.45) is 5.92 Å². The number of hydrogen-bond donors (Lipinski definition) is 2. The maximum Gasteiger partial charge on any atom is 0.260 e. The lowest BCUT2D eigenvalue weighted by molar-refractivity contribution is -0.127. The Hall–Kier alpha value is -1.26. The predicted octanol–water partition coefficient (Wildman–Crippen LogP) is 2.63. The third-order valence-electron chi connectivity index (χ3n) is 3.26. The van der Waals surface area contributed by atoms with Crippen LogP contribution in [-0.2, 0) is 4.79 Å². The maximum absolute atomic E-state index is 11.9. The monoisotopic (exact) mass is 299 g/mol. The zero-order chi connectivity index (χ0) is 15.1. The third kappa shape index (κ3) is 5.39. The Kier molecular flexibility index (Phi) is 6.82. The second-order valence-electron chi connectivity index (χ2n) is 4.92. The van der Waals surface area contributed by atoms with Crippen LogP contribution in [0.25, 0.3) is 0 Å². The fraction of sp³-hybridized carbons (Fsp3) is 0.533. The van der Waals surface area contributed by atoms with E-state index in [1.165, 1.54) is 0 Å². The molecule has 0 aliphatic carbocycles. The number of halogens is 1. The number of ether oxygens (including phenoxy) is 1. The molecule has 3 atom stereocenters. The molecule has 1 aromatic carbocycles. The number of aliphatic hydroxyl groups is 1. The van der Waals surface area contributed by atoms with Gasteiger partial charge in [-0.05, 0) is 31.0 Å². The van der Waals surface area contributed by atoms with E-state index in [0.717, 1.165) is 6.42 Å². The highest BCUT2D eigenvalue weighted by atomic mass is 35.5. The molecule has 5 heteroatoms. The number of benzene rings is 1. The van der Waals surface area contributed by atoms with Crippen LogP contribution < -0.4 is 10.1 Å². The van der Waals surface area contributed by atoms with Gasteiger partial charge in [0.1, 0.15) is 5.75 Å². The number of nitrogens with one attached hydrogen (secondary N) is 1. The first-order valence-electron chi connectivity index (χ1n) is 6.82. The van der Waals surface area contributed by atoms with Gasteiger partial charge in [-0.15, -0.1) is 0 Å². The number of carbonyl (C=O) groups excluding carboxylic acids is 1. The number of amides is 1. The van der Waals surface area contributed by atoms with E-state index in [9.17, 15) is 9.90 Å². The first-order chi connectivity index (χ1) is 9.43. The van der Waals surface area contributed by atoms with Gasteiger partial charge in [0.25, 0.3) is 5.91 Å². The molecule has 0 saturated heterocycles. The Labute approximate surface area is 125 Å². The minimum absolute atomic E-state index is 0.152. The smallest absolute Gasteiger partial charge is 0.260 e. The van der Waals surface area contributed by atoms with Crippen LogP contribution in [-0.4, -0.2) is 29.8 Å². The molecule has 0 bridgehead atoms. The van der Waals surface area contributed by atoms with Crippen molar-refractivity contribution in [3.63, 3.8) is 0 Å². The van der Waals surface area contributed by atoms with Gasteiger partial charge in [-0.3, -0.25) is 4.79 Å². The van der Waals surface area contributed by atoms with Gasteiger partial charge in [0.15, 0.2) is 6.10 Å². The predicted molar refractivity (Wildman–Crippen MR) is 80.0 cm³/mol. The molecule has 112 valence electrons. The average molecular weight is 300 g/mol. The lowest BCUT2D eigenvalue weighted by atomic mass is 10.0. The normalized spacial score (nSPS) is 15.2. The average Bonchev–Trinajstić information content (AvgIpc) is 2.43. The summed E-state index contributed by atoms with van der Waals surface area (Å²) in [6.45, 7) is 5.84. The van der Waals surface area contributed by atoms with Crippen molar-refractivity contribution in [2.75, 3.05) is 6.54 Å². The van der Waals surface area contributed by atoms with Gasteiger partial charge in [0, 0.05) is 11.6 Å². The highest BCUT2D eigenvalue weighted by molar-refractivity contribution is 6.30. The maximum atomic E-state index is 11.9. The molecule has 1 amide bonds. The van der Waals surface area contributed by atoms with Crippen molar-refractivity contribution in [3.8, 4) is 5.75 Å². The molecule has 1 aromatic rings. The first-order valence-corrected chi connectivity index (χ1v) is 7.19. The van der Waals surface area contributed by atoms with E-state index in [1.807, 2.05) is 13.8 Å². The van der Waals surface area contributed by atoms with Gasteiger partial charge in [-0.2, -0.15) is 0 Å². The van der Waals surface area contributed by atoms with E-state index < -0.39 is 12.2 Å². The summed E-state index contributed by atoms with van der Waals surface area (Å²) < 4.78 is 5.50. The minimum atomic E-state index is -0.641. The van der Waals surface area contributed by atoms with Crippen molar-refractivity contribution in [1.82, 2.24) is 5.32 Å². The van der Waals surface area contributed by atoms with Gasteiger partial charge in [-0.25, -0.2) is 0 Å². The summed E-state index contributed by atoms with van der Waals surface area (Å²) in [5.74, 6) is 0.439. The Balaban J connectivity index is 2.43. The van der Waals surface area contributed by atoms with Crippen molar-refractivity contribution in [3.05, 3.63) is 29.3 Å². The SMILES string of the molecule is CCC(C)C(O)CNC(=O)C(C)Oc1cccc(Cl)c1. The van der Waals surface area contributed by atoms with Crippen molar-refractivity contribution >= 4 is 17.5 Å². The van der Waals surface area contributed by atoms with Crippen LogP contribution in [0.1, 0.15) is 27.2 Å². The molecule has 2 N–H and O–H groups in total. The zero-order valence-electron chi connectivity index (χ0n) is 12.1. The Bertz CT molecular complexity index is 439. The molecule has 0 spiro atoms. The van der Waals surface area contributed by atoms with Crippen molar-refractivity contribution in [1.29, 1.82) is 0 Å². The summed E-state index contributed by atoms with van der Waals surface area (Å²) in [5.41, 5.74) is 0. The number of aliphatic hydroxyl groups excluding tert-OH is 1. The van der Waals surface area contributed by atoms with E-state index in [2.05, 4.69) is 5.32 Å². The molecule has 1 rings (SSSR count). The number of hydrogen-bond acceptors (Lipinski definition) is 3. The van der Waals surface area contributed by atoms with E-state index in [1.54, 1.807) is 31.2 Å². The summed E-state index contributed by atoms with van der Waals surface area (Å²) in [7, 11) is 0. The van der Waals surface area contributed by atoms with Crippen LogP contribution in [0.3, 0.4) is 0 Å². The fourth-order valence-electron chi connectivity index (χ4n) is 1.62. The molecule has 0 fully saturated rings. The van der Waals surface area contributed by atoms with Crippen LogP contribution in [0, 0.1) is 5.92 Å². The molecule has 0 aliphatic rings. The minimum Gasteiger partial charge on any atom is -0.481 e. The van der Waals surface area contributed by atoms with Gasteiger partial charge in [-0.1, -0.05) is 37.9 Å². The Morgan fingerprint density at radius 1 is 1.45 bits per heavy atom. The highest BCUT2D eigenvalue weighted by Gasteiger charge is 2.18. The third-order valence-corrected chi connectivity index (χ3v) is 3.50. The van der Waals surface area contributed by atoms with Gasteiger partial charge in [0.2, 0.25) is 0 Å². The van der Waals surface area contributed by atoms with Crippen LogP contribution in [0.5, 0.6) is 5.75 Å². The van der Waals surface area contributed by atoms with Crippen LogP contribution >= 0.6 is 11.6 Å². The zero-order valence-corrected chi connectivity index (χ0v) is 12.9. The summed E-state index contributed by atoms with van der Waals surface area (Å²) >= 11 is 5.85. The quantitative estimate of drug-likeness (QED) is 0.814. The summed E-state index contributed by atoms with van der Waals surface area (Å²) in [6, 6.07) is 6.89. The van der Waals surface area contributed by atoms with Gasteiger partial charge >= 0.3 is 0 Å². The van der Waals surface area contributed by atoms with Gasteiger partial charge < -0.3 is 15.2 Å². The molecular weight excluding hydrogens is 278 g/mol. The van der Waals surface area contributed by atoms with Gasteiger partial charge in [0.05, 0.1) is 6.10 Å². The molecule has 3 unspecified atom stereocenters. The molecule has 0 aromatic heterocycles. The standard InChI is InChI=1S/C15H22ClNO3/c1-4-10(2)14(18)9-17-15(19)11(3)20-13-7-5-6-12(16)8-13/h5-8,10-11,14,18H,4,9H2,1-3H3,(H,17,19). The van der Waals surface area contributed by atoms with E-state index in [0.29, 0.717) is 10.8 Å². The summed E-state index contributed by atoms with van der Waals surface area (Å²) in [6.07, 6.45) is -0.314. The van der Waals surface area contributed by atoms with Crippen molar-refractivity contribution in [2.45, 2.75) is 39.4 Å². The van der Waals surface area contributed by atoms with Crippen LogP contribution in [0.2, 0.25) is 5.02 Å². The Morgan fingerprint density at radius 2 is 2.15 bits per heavy atom. The molecule has 0 radical (unpaired) electrons. The Morgan fingerprint density at radius 3 is 2.75 bits per heavy atom. The molecule has 0 heterocycles. The number of carbonyl (C=O) groups is 1. The summed E-state index contributed by atoms with van der Waals surface area (Å²) in [5, 5.41) is 13.0. The lowest BCUT2D eigenvalue weighted by Crippen LogP contribution is -2.41. The molecular formula is C15H22ClNO3. The van der Waals surface area contributed by atoms with Crippen LogP contribution in [0.4, 0.5) is 0 Å². The first kappa shape index (κ1) is 16.8. The topological polar surface area (TPSA) is 58.6 Å². The van der Waals surface area contributed by atoms with Crippen LogP contribution in [0.15, 0.2) is 24.3 Å². The largest absolute Gasteiger partial charge is 0.481 e. The molecule has 4 nitrogen and oxygen atoms in total. The van der Waals surface area contributed by atoms with E-state index in [4.69, 9.17) is 16.3 Å². The van der Waals surface area contributed by atoms with E-state index in [-0.39, 0.29) is 18.4 Å². The highest BCUT2D eigenvalue weighted by Crippen LogP contribution is 2.18. The molecule has 0 saturated carbocycles. The molecule has 0 aliphatic heterocycles. The fourth-order valence-corrected chi connectivity index (χ4v) is 1.80.